The molecule has 1 aliphatic heterocycles. The van der Waals surface area contributed by atoms with Crippen LogP contribution in [0.1, 0.15) is 31.5 Å². The van der Waals surface area contributed by atoms with Crippen molar-refractivity contribution in [2.75, 3.05) is 4.90 Å². The molecule has 138 valence electrons. The zero-order valence-electron chi connectivity index (χ0n) is 15.0. The third-order valence-corrected chi connectivity index (χ3v) is 5.82. The maximum absolute atomic E-state index is 12.8. The van der Waals surface area contributed by atoms with Gasteiger partial charge in [0.15, 0.2) is 0 Å². The number of benzene rings is 1. The van der Waals surface area contributed by atoms with Crippen LogP contribution >= 0.6 is 27.7 Å². The highest BCUT2D eigenvalue weighted by Crippen LogP contribution is 2.35. The van der Waals surface area contributed by atoms with E-state index in [2.05, 4.69) is 40.8 Å². The van der Waals surface area contributed by atoms with Crippen LogP contribution in [0.5, 0.6) is 0 Å². The Bertz CT molecular complexity index is 922. The Morgan fingerprint density at radius 1 is 1.26 bits per heavy atom. The van der Waals surface area contributed by atoms with Crippen LogP contribution in [0.25, 0.3) is 0 Å². The van der Waals surface area contributed by atoms with Gasteiger partial charge in [0.05, 0.1) is 16.5 Å². The van der Waals surface area contributed by atoms with Gasteiger partial charge in [-0.1, -0.05) is 41.5 Å². The second-order valence-corrected chi connectivity index (χ2v) is 8.83. The van der Waals surface area contributed by atoms with Crippen molar-refractivity contribution in [3.05, 3.63) is 52.1 Å². The number of hydrogen-bond donors (Lipinski definition) is 0. The lowest BCUT2D eigenvalue weighted by Crippen LogP contribution is -2.31. The van der Waals surface area contributed by atoms with Crippen LogP contribution in [0.15, 0.2) is 45.9 Å². The number of rotatable bonds is 5. The van der Waals surface area contributed by atoms with Gasteiger partial charge in [-0.2, -0.15) is 5.26 Å². The summed E-state index contributed by atoms with van der Waals surface area (Å²) in [5.74, 6) is -0.0742. The highest BCUT2D eigenvalue weighted by Gasteiger charge is 2.40. The standard InChI is InChI=1S/C20H18BrN3O2S/c1-12(2)9-15-6-3-13(11-22)19(23-15)27-17-10-18(25)24(20(17)26)16-7-4-14(21)5-8-16/h3-8,12,17H,9-10H2,1-2H3/t17-/m1/s1. The topological polar surface area (TPSA) is 74.1 Å². The fourth-order valence-electron chi connectivity index (χ4n) is 2.88. The van der Waals surface area contributed by atoms with Crippen LogP contribution in [-0.4, -0.2) is 22.0 Å². The van der Waals surface area contributed by atoms with Gasteiger partial charge in [0.2, 0.25) is 11.8 Å². The molecular weight excluding hydrogens is 426 g/mol. The zero-order valence-corrected chi connectivity index (χ0v) is 17.4. The molecule has 0 bridgehead atoms. The number of halogens is 1. The fourth-order valence-corrected chi connectivity index (χ4v) is 4.25. The molecule has 0 N–H and O–H groups in total. The first kappa shape index (κ1) is 19.6. The first-order chi connectivity index (χ1) is 12.9. The van der Waals surface area contributed by atoms with E-state index in [1.165, 1.54) is 16.7 Å². The summed E-state index contributed by atoms with van der Waals surface area (Å²) in [6.07, 6.45) is 0.891. The largest absolute Gasteiger partial charge is 0.274 e. The van der Waals surface area contributed by atoms with E-state index in [4.69, 9.17) is 0 Å². The number of aromatic nitrogens is 1. The molecule has 0 saturated carbocycles. The number of anilines is 1. The summed E-state index contributed by atoms with van der Waals surface area (Å²) >= 11 is 4.55. The van der Waals surface area contributed by atoms with Gasteiger partial charge in [0, 0.05) is 16.6 Å². The number of nitriles is 1. The normalized spacial score (nSPS) is 16.9. The van der Waals surface area contributed by atoms with Crippen molar-refractivity contribution in [2.45, 2.75) is 37.0 Å². The lowest BCUT2D eigenvalue weighted by molar-refractivity contribution is -0.121. The molecular formula is C20H18BrN3O2S. The first-order valence-electron chi connectivity index (χ1n) is 8.58. The maximum Gasteiger partial charge on any atom is 0.247 e. The average Bonchev–Trinajstić information content (AvgIpc) is 2.89. The predicted molar refractivity (Wildman–Crippen MR) is 108 cm³/mol. The number of imide groups is 1. The summed E-state index contributed by atoms with van der Waals surface area (Å²) in [4.78, 5) is 31.0. The average molecular weight is 444 g/mol. The molecule has 2 aromatic rings. The van der Waals surface area contributed by atoms with Crippen molar-refractivity contribution >= 4 is 45.2 Å². The van der Waals surface area contributed by atoms with Gasteiger partial charge in [0.1, 0.15) is 11.1 Å². The quantitative estimate of drug-likeness (QED) is 0.642. The third kappa shape index (κ3) is 4.40. The van der Waals surface area contributed by atoms with Gasteiger partial charge in [0.25, 0.3) is 0 Å². The monoisotopic (exact) mass is 443 g/mol. The van der Waals surface area contributed by atoms with Crippen LogP contribution in [0.3, 0.4) is 0 Å². The Labute approximate surface area is 170 Å². The van der Waals surface area contributed by atoms with Crippen LogP contribution < -0.4 is 4.90 Å². The van der Waals surface area contributed by atoms with E-state index in [-0.39, 0.29) is 18.2 Å². The predicted octanol–water partition coefficient (Wildman–Crippen LogP) is 4.34. The van der Waals surface area contributed by atoms with E-state index in [0.717, 1.165) is 16.6 Å². The molecule has 27 heavy (non-hydrogen) atoms. The number of hydrogen-bond acceptors (Lipinski definition) is 5. The van der Waals surface area contributed by atoms with Gasteiger partial charge < -0.3 is 0 Å². The number of nitrogens with zero attached hydrogens (tertiary/aromatic N) is 3. The van der Waals surface area contributed by atoms with E-state index in [9.17, 15) is 14.9 Å². The molecule has 1 saturated heterocycles. The second kappa shape index (κ2) is 8.24. The van der Waals surface area contributed by atoms with Crippen LogP contribution in [0, 0.1) is 17.2 Å². The van der Waals surface area contributed by atoms with Gasteiger partial charge in [-0.25, -0.2) is 9.88 Å². The Kier molecular flexibility index (Phi) is 5.98. The SMILES string of the molecule is CC(C)Cc1ccc(C#N)c(S[C@@H]2CC(=O)N(c3ccc(Br)cc3)C2=O)n1. The summed E-state index contributed by atoms with van der Waals surface area (Å²) in [7, 11) is 0. The number of carbonyl (C=O) groups excluding carboxylic acids is 2. The molecule has 3 rings (SSSR count). The van der Waals surface area contributed by atoms with E-state index < -0.39 is 5.25 Å². The van der Waals surface area contributed by atoms with E-state index in [1.807, 2.05) is 6.07 Å². The van der Waals surface area contributed by atoms with E-state index in [0.29, 0.717) is 22.2 Å². The zero-order chi connectivity index (χ0) is 19.6. The van der Waals surface area contributed by atoms with Gasteiger partial charge in [-0.3, -0.25) is 9.59 Å². The molecule has 1 aromatic carbocycles. The highest BCUT2D eigenvalue weighted by atomic mass is 79.9. The number of amides is 2. The summed E-state index contributed by atoms with van der Waals surface area (Å²) in [6.45, 7) is 4.20. The minimum atomic E-state index is -0.574. The van der Waals surface area contributed by atoms with E-state index in [1.54, 1.807) is 30.3 Å². The highest BCUT2D eigenvalue weighted by molar-refractivity contribution is 9.10. The number of carbonyl (C=O) groups is 2. The van der Waals surface area contributed by atoms with Crippen molar-refractivity contribution in [1.82, 2.24) is 4.98 Å². The van der Waals surface area contributed by atoms with Crippen LogP contribution in [-0.2, 0) is 16.0 Å². The summed E-state index contributed by atoms with van der Waals surface area (Å²) in [5.41, 5.74) is 1.86. The Balaban J connectivity index is 1.84. The van der Waals surface area contributed by atoms with E-state index >= 15 is 0 Å². The van der Waals surface area contributed by atoms with Gasteiger partial charge in [-0.05, 0) is 48.7 Å². The lowest BCUT2D eigenvalue weighted by atomic mass is 10.1. The molecule has 1 fully saturated rings. The Hall–Kier alpha value is -2.17. The van der Waals surface area contributed by atoms with Crippen molar-refractivity contribution in [3.63, 3.8) is 0 Å². The minimum Gasteiger partial charge on any atom is -0.274 e. The van der Waals surface area contributed by atoms with Crippen molar-refractivity contribution in [1.29, 1.82) is 5.26 Å². The molecule has 0 unspecified atom stereocenters. The lowest BCUT2D eigenvalue weighted by Gasteiger charge is -2.15. The molecule has 1 aromatic heterocycles. The second-order valence-electron chi connectivity index (χ2n) is 6.72. The molecule has 5 nitrogen and oxygen atoms in total. The molecule has 7 heteroatoms. The van der Waals surface area contributed by atoms with Crippen molar-refractivity contribution in [3.8, 4) is 6.07 Å². The van der Waals surface area contributed by atoms with Crippen molar-refractivity contribution in [2.24, 2.45) is 5.92 Å². The Morgan fingerprint density at radius 2 is 1.96 bits per heavy atom. The molecule has 0 spiro atoms. The Morgan fingerprint density at radius 3 is 2.59 bits per heavy atom. The number of pyridine rings is 1. The van der Waals surface area contributed by atoms with Crippen molar-refractivity contribution < 1.29 is 9.59 Å². The molecule has 2 amide bonds. The minimum absolute atomic E-state index is 0.0977. The fraction of sp³-hybridized carbons (Fsp3) is 0.300. The van der Waals surface area contributed by atoms with Gasteiger partial charge in [-0.15, -0.1) is 0 Å². The third-order valence-electron chi connectivity index (χ3n) is 4.10. The summed E-state index contributed by atoms with van der Waals surface area (Å²) < 4.78 is 0.876. The molecule has 0 radical (unpaired) electrons. The molecule has 2 heterocycles. The first-order valence-corrected chi connectivity index (χ1v) is 10.3. The molecule has 1 aliphatic rings. The summed E-state index contributed by atoms with van der Waals surface area (Å²) in [6, 6.07) is 12.8. The van der Waals surface area contributed by atoms with Crippen LogP contribution in [0.4, 0.5) is 5.69 Å². The van der Waals surface area contributed by atoms with Crippen LogP contribution in [0.2, 0.25) is 0 Å². The maximum atomic E-state index is 12.8. The summed E-state index contributed by atoms with van der Waals surface area (Å²) in [5, 5.41) is 9.31. The smallest absolute Gasteiger partial charge is 0.247 e. The molecule has 1 atom stereocenters. The van der Waals surface area contributed by atoms with Gasteiger partial charge >= 0.3 is 0 Å². The number of thioether (sulfide) groups is 1. The molecule has 0 aliphatic carbocycles.